The number of hydrogen-bond acceptors (Lipinski definition) is 4. The Morgan fingerprint density at radius 1 is 1.43 bits per heavy atom. The van der Waals surface area contributed by atoms with Crippen LogP contribution in [0.1, 0.15) is 26.0 Å². The smallest absolute Gasteiger partial charge is 0.226 e. The molecule has 1 aromatic carbocycles. The van der Waals surface area contributed by atoms with E-state index in [1.165, 1.54) is 23.5 Å². The molecule has 0 atom stereocenters. The van der Waals surface area contributed by atoms with Crippen LogP contribution < -0.4 is 5.32 Å². The van der Waals surface area contributed by atoms with Crippen LogP contribution in [0.25, 0.3) is 10.6 Å². The molecule has 0 unspecified atom stereocenters. The molecule has 0 spiro atoms. The van der Waals surface area contributed by atoms with E-state index in [0.717, 1.165) is 17.0 Å². The average molecular weight is 336 g/mol. The van der Waals surface area contributed by atoms with Crippen molar-refractivity contribution >= 4 is 17.2 Å². The molecular weight excluding hydrogens is 315 g/mol. The average Bonchev–Trinajstić information content (AvgIpc) is 2.95. The Morgan fingerprint density at radius 2 is 2.26 bits per heavy atom. The zero-order chi connectivity index (χ0) is 16.7. The molecule has 0 bridgehead atoms. The second kappa shape index (κ2) is 8.74. The molecule has 0 radical (unpaired) electrons. The Balaban J connectivity index is 1.79. The molecule has 0 fully saturated rings. The summed E-state index contributed by atoms with van der Waals surface area (Å²) >= 11 is 1.41. The van der Waals surface area contributed by atoms with Gasteiger partial charge < -0.3 is 10.1 Å². The molecule has 2 aromatic rings. The molecule has 0 aliphatic rings. The van der Waals surface area contributed by atoms with E-state index in [0.29, 0.717) is 18.8 Å². The molecule has 124 valence electrons. The second-order valence-electron chi connectivity index (χ2n) is 5.45. The van der Waals surface area contributed by atoms with Gasteiger partial charge in [0, 0.05) is 24.1 Å². The van der Waals surface area contributed by atoms with Crippen molar-refractivity contribution in [2.45, 2.75) is 32.8 Å². The predicted molar refractivity (Wildman–Crippen MR) is 89.9 cm³/mol. The predicted octanol–water partition coefficient (Wildman–Crippen LogP) is 3.42. The first-order chi connectivity index (χ1) is 11.0. The highest BCUT2D eigenvalue weighted by Gasteiger charge is 2.09. The van der Waals surface area contributed by atoms with Crippen LogP contribution in [0.5, 0.6) is 0 Å². The number of carbonyl (C=O) groups excluding carboxylic acids is 1. The first-order valence-corrected chi connectivity index (χ1v) is 8.51. The van der Waals surface area contributed by atoms with Gasteiger partial charge >= 0.3 is 0 Å². The fourth-order valence-corrected chi connectivity index (χ4v) is 2.80. The first-order valence-electron chi connectivity index (χ1n) is 7.63. The number of amides is 1. The van der Waals surface area contributed by atoms with Gasteiger partial charge in [-0.25, -0.2) is 9.37 Å². The van der Waals surface area contributed by atoms with Crippen LogP contribution in [0.3, 0.4) is 0 Å². The van der Waals surface area contributed by atoms with E-state index < -0.39 is 0 Å². The van der Waals surface area contributed by atoms with Crippen molar-refractivity contribution in [3.8, 4) is 10.6 Å². The number of hydrogen-bond donors (Lipinski definition) is 1. The standard InChI is InChI=1S/C17H21FN2O2S/c1-12(2)22-8-4-7-19-16(21)10-15-11-23-17(20-15)13-5-3-6-14(18)9-13/h3,5-6,9,11-12H,4,7-8,10H2,1-2H3,(H,19,21). The maximum Gasteiger partial charge on any atom is 0.226 e. The first kappa shape index (κ1) is 17.6. The molecule has 2 rings (SSSR count). The quantitative estimate of drug-likeness (QED) is 0.752. The number of rotatable bonds is 8. The second-order valence-corrected chi connectivity index (χ2v) is 6.31. The number of aromatic nitrogens is 1. The summed E-state index contributed by atoms with van der Waals surface area (Å²) in [5.74, 6) is -0.355. The summed E-state index contributed by atoms with van der Waals surface area (Å²) < 4.78 is 18.6. The highest BCUT2D eigenvalue weighted by atomic mass is 32.1. The van der Waals surface area contributed by atoms with Gasteiger partial charge in [0.25, 0.3) is 0 Å². The maximum absolute atomic E-state index is 13.2. The summed E-state index contributed by atoms with van der Waals surface area (Å²) in [7, 11) is 0. The van der Waals surface area contributed by atoms with Gasteiger partial charge in [0.2, 0.25) is 5.91 Å². The molecule has 1 amide bonds. The Labute approximate surface area is 139 Å². The highest BCUT2D eigenvalue weighted by molar-refractivity contribution is 7.13. The van der Waals surface area contributed by atoms with Crippen molar-refractivity contribution in [2.24, 2.45) is 0 Å². The molecule has 1 N–H and O–H groups in total. The van der Waals surface area contributed by atoms with E-state index in [2.05, 4.69) is 10.3 Å². The number of ether oxygens (including phenoxy) is 1. The summed E-state index contributed by atoms with van der Waals surface area (Å²) in [6.45, 7) is 5.19. The van der Waals surface area contributed by atoms with Crippen LogP contribution >= 0.6 is 11.3 Å². The molecule has 0 saturated heterocycles. The minimum atomic E-state index is -0.291. The van der Waals surface area contributed by atoms with Gasteiger partial charge in [0.15, 0.2) is 0 Å². The molecule has 1 aromatic heterocycles. The number of halogens is 1. The van der Waals surface area contributed by atoms with Crippen molar-refractivity contribution in [1.29, 1.82) is 0 Å². The molecule has 4 nitrogen and oxygen atoms in total. The number of nitrogens with zero attached hydrogens (tertiary/aromatic N) is 1. The monoisotopic (exact) mass is 336 g/mol. The fraction of sp³-hybridized carbons (Fsp3) is 0.412. The number of carbonyl (C=O) groups is 1. The maximum atomic E-state index is 13.2. The van der Waals surface area contributed by atoms with E-state index in [4.69, 9.17) is 4.74 Å². The minimum absolute atomic E-state index is 0.0642. The molecule has 0 saturated carbocycles. The van der Waals surface area contributed by atoms with E-state index in [9.17, 15) is 9.18 Å². The Morgan fingerprint density at radius 3 is 3.00 bits per heavy atom. The van der Waals surface area contributed by atoms with E-state index in [1.807, 2.05) is 19.2 Å². The summed E-state index contributed by atoms with van der Waals surface area (Å²) in [6.07, 6.45) is 1.23. The summed E-state index contributed by atoms with van der Waals surface area (Å²) in [5, 5.41) is 5.40. The normalized spacial score (nSPS) is 11.0. The van der Waals surface area contributed by atoms with Crippen molar-refractivity contribution in [3.63, 3.8) is 0 Å². The molecular formula is C17H21FN2O2S. The van der Waals surface area contributed by atoms with Gasteiger partial charge in [-0.15, -0.1) is 11.3 Å². The zero-order valence-electron chi connectivity index (χ0n) is 13.3. The van der Waals surface area contributed by atoms with Gasteiger partial charge in [-0.1, -0.05) is 12.1 Å². The van der Waals surface area contributed by atoms with Gasteiger partial charge in [0.05, 0.1) is 18.2 Å². The van der Waals surface area contributed by atoms with E-state index in [-0.39, 0.29) is 24.2 Å². The van der Waals surface area contributed by atoms with Crippen LogP contribution in [0.15, 0.2) is 29.6 Å². The molecule has 0 aliphatic heterocycles. The van der Waals surface area contributed by atoms with E-state index in [1.54, 1.807) is 12.1 Å². The zero-order valence-corrected chi connectivity index (χ0v) is 14.2. The summed E-state index contributed by atoms with van der Waals surface area (Å²) in [5.41, 5.74) is 1.43. The number of benzene rings is 1. The van der Waals surface area contributed by atoms with Crippen LogP contribution in [0.4, 0.5) is 4.39 Å². The summed E-state index contributed by atoms with van der Waals surface area (Å²) in [6, 6.07) is 6.30. The Hall–Kier alpha value is -1.79. The topological polar surface area (TPSA) is 51.2 Å². The van der Waals surface area contributed by atoms with Crippen LogP contribution in [-0.2, 0) is 16.0 Å². The molecule has 6 heteroatoms. The van der Waals surface area contributed by atoms with Crippen molar-refractivity contribution in [2.75, 3.05) is 13.2 Å². The third-order valence-electron chi connectivity index (χ3n) is 3.06. The van der Waals surface area contributed by atoms with Crippen molar-refractivity contribution in [3.05, 3.63) is 41.2 Å². The van der Waals surface area contributed by atoms with Crippen LogP contribution in [0, 0.1) is 5.82 Å². The highest BCUT2D eigenvalue weighted by Crippen LogP contribution is 2.24. The lowest BCUT2D eigenvalue weighted by molar-refractivity contribution is -0.120. The van der Waals surface area contributed by atoms with Crippen molar-refractivity contribution in [1.82, 2.24) is 10.3 Å². The van der Waals surface area contributed by atoms with Gasteiger partial charge in [-0.3, -0.25) is 4.79 Å². The number of nitrogens with one attached hydrogen (secondary N) is 1. The SMILES string of the molecule is CC(C)OCCCNC(=O)Cc1csc(-c2cccc(F)c2)n1. The Bertz CT molecular complexity index is 643. The fourth-order valence-electron chi connectivity index (χ4n) is 1.99. The Kier molecular flexibility index (Phi) is 6.67. The van der Waals surface area contributed by atoms with Gasteiger partial charge in [-0.2, -0.15) is 0 Å². The van der Waals surface area contributed by atoms with Gasteiger partial charge in [-0.05, 0) is 32.4 Å². The largest absolute Gasteiger partial charge is 0.379 e. The minimum Gasteiger partial charge on any atom is -0.379 e. The van der Waals surface area contributed by atoms with E-state index >= 15 is 0 Å². The third kappa shape index (κ3) is 6.08. The third-order valence-corrected chi connectivity index (χ3v) is 4.00. The lowest BCUT2D eigenvalue weighted by atomic mass is 10.2. The van der Waals surface area contributed by atoms with Crippen LogP contribution in [-0.4, -0.2) is 30.1 Å². The molecule has 0 aliphatic carbocycles. The summed E-state index contributed by atoms with van der Waals surface area (Å²) in [4.78, 5) is 16.3. The van der Waals surface area contributed by atoms with Crippen molar-refractivity contribution < 1.29 is 13.9 Å². The number of thiazole rings is 1. The molecule has 23 heavy (non-hydrogen) atoms. The lowest BCUT2D eigenvalue weighted by Crippen LogP contribution is -2.27. The van der Waals surface area contributed by atoms with Crippen LogP contribution in [0.2, 0.25) is 0 Å². The molecule has 1 heterocycles. The van der Waals surface area contributed by atoms with Gasteiger partial charge in [0.1, 0.15) is 10.8 Å². The lowest BCUT2D eigenvalue weighted by Gasteiger charge is -2.07.